The van der Waals surface area contributed by atoms with E-state index in [2.05, 4.69) is 4.99 Å². The fourth-order valence-corrected chi connectivity index (χ4v) is 6.27. The van der Waals surface area contributed by atoms with Gasteiger partial charge >= 0.3 is 11.9 Å². The average molecular weight is 504 g/mol. The maximum absolute atomic E-state index is 13.3. The van der Waals surface area contributed by atoms with Gasteiger partial charge in [0.15, 0.2) is 5.17 Å². The molecule has 8 nitrogen and oxygen atoms in total. The largest absolute Gasteiger partial charge is 0.466 e. The van der Waals surface area contributed by atoms with Gasteiger partial charge in [-0.3, -0.25) is 9.59 Å². The molecule has 4 heterocycles. The monoisotopic (exact) mass is 503 g/mol. The molecule has 1 amide bonds. The first-order valence-electron chi connectivity index (χ1n) is 11.5. The van der Waals surface area contributed by atoms with E-state index in [9.17, 15) is 14.4 Å². The molecule has 0 spiro atoms. The Morgan fingerprint density at radius 1 is 1.21 bits per heavy atom. The van der Waals surface area contributed by atoms with Crippen molar-refractivity contribution in [1.29, 1.82) is 0 Å². The quantitative estimate of drug-likeness (QED) is 0.518. The van der Waals surface area contributed by atoms with Crippen molar-refractivity contribution < 1.29 is 23.9 Å². The maximum atomic E-state index is 13.3. The van der Waals surface area contributed by atoms with Crippen molar-refractivity contribution in [2.75, 3.05) is 26.3 Å². The van der Waals surface area contributed by atoms with Crippen molar-refractivity contribution in [2.45, 2.75) is 46.1 Å². The molecule has 0 aromatic carbocycles. The number of carbonyl (C=O) groups excluding carboxylic acids is 3. The summed E-state index contributed by atoms with van der Waals surface area (Å²) in [7, 11) is 0. The number of nitrogens with zero attached hydrogens (tertiary/aromatic N) is 3. The molecule has 182 valence electrons. The van der Waals surface area contributed by atoms with E-state index in [0.717, 1.165) is 28.6 Å². The zero-order valence-electron chi connectivity index (χ0n) is 19.6. The third-order valence-electron chi connectivity index (χ3n) is 6.04. The molecule has 0 radical (unpaired) electrons. The topological polar surface area (TPSA) is 88.5 Å². The number of ether oxygens (including phenoxy) is 2. The third kappa shape index (κ3) is 4.93. The second-order valence-electron chi connectivity index (χ2n) is 8.24. The number of carbonyl (C=O) groups is 3. The number of allylic oxidation sites excluding steroid dienone is 1. The minimum atomic E-state index is -0.394. The van der Waals surface area contributed by atoms with Crippen molar-refractivity contribution in [3.63, 3.8) is 0 Å². The van der Waals surface area contributed by atoms with Gasteiger partial charge in [0.05, 0.1) is 36.8 Å². The minimum Gasteiger partial charge on any atom is -0.466 e. The first kappa shape index (κ1) is 24.5. The summed E-state index contributed by atoms with van der Waals surface area (Å²) >= 11 is 3.01. The molecule has 0 bridgehead atoms. The Morgan fingerprint density at radius 2 is 2.00 bits per heavy atom. The number of amidine groups is 1. The summed E-state index contributed by atoms with van der Waals surface area (Å²) in [4.78, 5) is 47.8. The van der Waals surface area contributed by atoms with E-state index in [4.69, 9.17) is 9.47 Å². The Morgan fingerprint density at radius 3 is 2.71 bits per heavy atom. The molecule has 2 atom stereocenters. The number of likely N-dealkylation sites (tertiary alicyclic amines) is 1. The van der Waals surface area contributed by atoms with Gasteiger partial charge in [-0.15, -0.1) is 11.3 Å². The lowest BCUT2D eigenvalue weighted by Crippen LogP contribution is -2.44. The number of thiophene rings is 1. The van der Waals surface area contributed by atoms with Crippen molar-refractivity contribution in [3.8, 4) is 0 Å². The molecule has 4 rings (SSSR count). The Labute approximate surface area is 207 Å². The minimum absolute atomic E-state index is 0.0454. The van der Waals surface area contributed by atoms with Gasteiger partial charge in [0.25, 0.3) is 0 Å². The Bertz CT molecular complexity index is 1050. The van der Waals surface area contributed by atoms with Gasteiger partial charge in [0.1, 0.15) is 6.04 Å². The Balaban J connectivity index is 1.56. The summed E-state index contributed by atoms with van der Waals surface area (Å²) in [5.74, 6) is -0.955. The second-order valence-corrected chi connectivity index (χ2v) is 10.1. The molecule has 0 aliphatic carbocycles. The number of aliphatic imine (C=N–C) groups is 1. The van der Waals surface area contributed by atoms with Crippen molar-refractivity contribution in [1.82, 2.24) is 9.80 Å². The van der Waals surface area contributed by atoms with Gasteiger partial charge in [0, 0.05) is 23.7 Å². The van der Waals surface area contributed by atoms with Crippen LogP contribution in [0.3, 0.4) is 0 Å². The molecule has 1 aromatic heterocycles. The van der Waals surface area contributed by atoms with Crippen molar-refractivity contribution in [2.24, 2.45) is 10.9 Å². The Kier molecular flexibility index (Phi) is 7.77. The number of piperidine rings is 1. The molecule has 1 saturated heterocycles. The van der Waals surface area contributed by atoms with Gasteiger partial charge in [-0.25, -0.2) is 9.79 Å². The van der Waals surface area contributed by atoms with Crippen molar-refractivity contribution in [3.05, 3.63) is 44.8 Å². The summed E-state index contributed by atoms with van der Waals surface area (Å²) in [6, 6.07) is 3.54. The van der Waals surface area contributed by atoms with Crippen LogP contribution >= 0.6 is 23.1 Å². The molecule has 10 heteroatoms. The van der Waals surface area contributed by atoms with Crippen LogP contribution in [0.1, 0.15) is 51.0 Å². The maximum Gasteiger partial charge on any atom is 0.338 e. The van der Waals surface area contributed by atoms with E-state index in [1.807, 2.05) is 34.7 Å². The number of amides is 1. The highest BCUT2D eigenvalue weighted by Crippen LogP contribution is 2.46. The molecule has 0 N–H and O–H groups in total. The number of esters is 2. The lowest BCUT2D eigenvalue weighted by Gasteiger charge is -2.36. The van der Waals surface area contributed by atoms with E-state index >= 15 is 0 Å². The lowest BCUT2D eigenvalue weighted by molar-refractivity contribution is -0.151. The van der Waals surface area contributed by atoms with Crippen LogP contribution in [0, 0.1) is 5.92 Å². The van der Waals surface area contributed by atoms with E-state index in [-0.39, 0.29) is 30.8 Å². The van der Waals surface area contributed by atoms with E-state index in [1.54, 1.807) is 30.1 Å². The van der Waals surface area contributed by atoms with Crippen molar-refractivity contribution >= 4 is 46.1 Å². The standard InChI is InChI=1S/C24H29N3O5S2/c1-4-31-22(29)16-8-6-10-26(13-16)19(28)12-17-14-34-24-25-15(3)20(23(30)32-5-2)21(27(17)24)18-9-7-11-33-18/h7,9,11,14,16,21H,4-6,8,10,12-13H2,1-3H3/t16-,21+/m1/s1. The highest BCUT2D eigenvalue weighted by Gasteiger charge is 2.42. The Hall–Kier alpha value is -2.59. The normalized spacial score (nSPS) is 22.2. The molecule has 1 fully saturated rings. The fourth-order valence-electron chi connectivity index (χ4n) is 4.48. The van der Waals surface area contributed by atoms with Crippen LogP contribution in [-0.2, 0) is 23.9 Å². The average Bonchev–Trinajstić information content (AvgIpc) is 3.49. The van der Waals surface area contributed by atoms with Crippen LogP contribution in [0.5, 0.6) is 0 Å². The fraction of sp³-hybridized carbons (Fsp3) is 0.500. The molecule has 3 aliphatic heterocycles. The first-order valence-corrected chi connectivity index (χ1v) is 13.3. The highest BCUT2D eigenvalue weighted by atomic mass is 32.2. The molecule has 34 heavy (non-hydrogen) atoms. The predicted octanol–water partition coefficient (Wildman–Crippen LogP) is 4.08. The zero-order valence-corrected chi connectivity index (χ0v) is 21.2. The van der Waals surface area contributed by atoms with Crippen LogP contribution in [0.15, 0.2) is 44.9 Å². The van der Waals surface area contributed by atoms with Gasteiger partial charge in [-0.1, -0.05) is 17.8 Å². The predicted molar refractivity (Wildman–Crippen MR) is 132 cm³/mol. The summed E-state index contributed by atoms with van der Waals surface area (Å²) in [6.45, 7) is 7.00. The summed E-state index contributed by atoms with van der Waals surface area (Å²) in [5.41, 5.74) is 1.92. The second kappa shape index (κ2) is 10.8. The highest BCUT2D eigenvalue weighted by molar-refractivity contribution is 8.16. The number of fused-ring (bicyclic) bond motifs is 1. The van der Waals surface area contributed by atoms with Crippen LogP contribution in [0.2, 0.25) is 0 Å². The zero-order chi connectivity index (χ0) is 24.2. The summed E-state index contributed by atoms with van der Waals surface area (Å²) in [6.07, 6.45) is 1.67. The van der Waals surface area contributed by atoms with Gasteiger partial charge in [0.2, 0.25) is 5.91 Å². The molecule has 0 saturated carbocycles. The molecular weight excluding hydrogens is 474 g/mol. The SMILES string of the molecule is CCOC(=O)C1=C(C)N=C2SC=C(CC(=O)N3CCC[C@@H](C(=O)OCC)C3)N2[C@H]1c1cccs1. The smallest absolute Gasteiger partial charge is 0.338 e. The third-order valence-corrected chi connectivity index (χ3v) is 7.85. The van der Waals surface area contributed by atoms with E-state index in [0.29, 0.717) is 31.0 Å². The molecule has 1 aromatic rings. The van der Waals surface area contributed by atoms with E-state index in [1.165, 1.54) is 11.8 Å². The van der Waals surface area contributed by atoms with Crippen LogP contribution in [-0.4, -0.2) is 59.1 Å². The number of hydrogen-bond acceptors (Lipinski definition) is 9. The molecule has 3 aliphatic rings. The van der Waals surface area contributed by atoms with Gasteiger partial charge in [-0.05, 0) is 50.5 Å². The lowest BCUT2D eigenvalue weighted by atomic mass is 9.97. The number of rotatable bonds is 7. The van der Waals surface area contributed by atoms with Gasteiger partial charge in [-0.2, -0.15) is 0 Å². The number of thioether (sulfide) groups is 1. The summed E-state index contributed by atoms with van der Waals surface area (Å²) in [5, 5.41) is 4.65. The molecular formula is C24H29N3O5S2. The van der Waals surface area contributed by atoms with Gasteiger partial charge < -0.3 is 19.3 Å². The number of hydrogen-bond donors (Lipinski definition) is 0. The first-order chi connectivity index (χ1) is 16.4. The summed E-state index contributed by atoms with van der Waals surface area (Å²) < 4.78 is 10.5. The van der Waals surface area contributed by atoms with Crippen LogP contribution in [0.4, 0.5) is 0 Å². The van der Waals surface area contributed by atoms with Crippen LogP contribution in [0.25, 0.3) is 0 Å². The van der Waals surface area contributed by atoms with Crippen LogP contribution < -0.4 is 0 Å². The van der Waals surface area contributed by atoms with E-state index < -0.39 is 12.0 Å². The molecule has 0 unspecified atom stereocenters.